The van der Waals surface area contributed by atoms with Crippen LogP contribution >= 0.6 is 0 Å². The number of nitrogens with zero attached hydrogens (tertiary/aromatic N) is 1. The molecule has 0 unspecified atom stereocenters. The van der Waals surface area contributed by atoms with Crippen LogP contribution in [-0.4, -0.2) is 18.0 Å². The van der Waals surface area contributed by atoms with Crippen LogP contribution < -0.4 is 0 Å². The molecule has 0 aliphatic heterocycles. The quantitative estimate of drug-likeness (QED) is 0.563. The maximum Gasteiger partial charge on any atom is 0 e. The van der Waals surface area contributed by atoms with Gasteiger partial charge in [-0.05, 0) is 6.54 Å². The van der Waals surface area contributed by atoms with Crippen molar-refractivity contribution >= 4 is 0 Å². The minimum atomic E-state index is 0. The normalized spacial score (nSPS) is 8.57. The first-order valence-corrected chi connectivity index (χ1v) is 2.16. The third kappa shape index (κ3) is 7.06. The van der Waals surface area contributed by atoms with Gasteiger partial charge in [-0.1, -0.05) is 6.92 Å². The fourth-order valence-electron chi connectivity index (χ4n) is 0.158. The Kier molecular flexibility index (Phi) is 11.0. The number of hydrogen-bond donors (Lipinski definition) is 0. The van der Waals surface area contributed by atoms with Crippen molar-refractivity contribution in [2.75, 3.05) is 13.1 Å². The SMILES string of the molecule is [CH2-]CN([CH2-])CC.[Y]. The molecule has 1 nitrogen and oxygen atoms in total. The molecule has 0 saturated carbocycles. The van der Waals surface area contributed by atoms with Gasteiger partial charge in [0.2, 0.25) is 0 Å². The Hall–Kier alpha value is 1.06. The molecule has 0 aromatic heterocycles. The average molecular weight is 174 g/mol. The van der Waals surface area contributed by atoms with E-state index in [4.69, 9.17) is 0 Å². The molecule has 41 valence electrons. The van der Waals surface area contributed by atoms with E-state index in [9.17, 15) is 0 Å². The molecule has 0 aliphatic rings. The Balaban J connectivity index is 0. The summed E-state index contributed by atoms with van der Waals surface area (Å²) < 4.78 is 0. The minimum absolute atomic E-state index is 0. The Bertz CT molecular complexity index is 27.3. The zero-order valence-corrected chi connectivity index (χ0v) is 7.69. The van der Waals surface area contributed by atoms with Gasteiger partial charge in [-0.3, -0.25) is 7.05 Å². The second-order valence-corrected chi connectivity index (χ2v) is 1.21. The van der Waals surface area contributed by atoms with E-state index in [0.717, 1.165) is 13.1 Å². The van der Waals surface area contributed by atoms with E-state index in [2.05, 4.69) is 20.9 Å². The maximum atomic E-state index is 3.65. The molecule has 0 amide bonds. The van der Waals surface area contributed by atoms with Crippen molar-refractivity contribution in [1.29, 1.82) is 0 Å². The summed E-state index contributed by atoms with van der Waals surface area (Å²) in [5.74, 6) is 0. The largest absolute Gasteiger partial charge is 0.485 e. The van der Waals surface area contributed by atoms with Crippen LogP contribution in [0.25, 0.3) is 0 Å². The Labute approximate surface area is 71.3 Å². The van der Waals surface area contributed by atoms with E-state index in [1.807, 2.05) is 4.90 Å². The van der Waals surface area contributed by atoms with Crippen molar-refractivity contribution in [2.24, 2.45) is 0 Å². The summed E-state index contributed by atoms with van der Waals surface area (Å²) in [6.07, 6.45) is 0. The number of hydrogen-bond acceptors (Lipinski definition) is 1. The van der Waals surface area contributed by atoms with Crippen molar-refractivity contribution in [1.82, 2.24) is 4.90 Å². The first-order chi connectivity index (χ1) is 2.81. The summed E-state index contributed by atoms with van der Waals surface area (Å²) in [7, 11) is 3.65. The van der Waals surface area contributed by atoms with Gasteiger partial charge in [-0.15, -0.1) is 0 Å². The van der Waals surface area contributed by atoms with Crippen LogP contribution in [0.4, 0.5) is 0 Å². The molecule has 0 fully saturated rings. The fraction of sp³-hybridized carbons (Fsp3) is 0.600. The molecule has 2 heteroatoms. The zero-order valence-electron chi connectivity index (χ0n) is 4.85. The van der Waals surface area contributed by atoms with E-state index < -0.39 is 0 Å². The van der Waals surface area contributed by atoms with Crippen molar-refractivity contribution < 1.29 is 32.7 Å². The molecular weight excluding hydrogens is 163 g/mol. The Morgan fingerprint density at radius 2 is 2.00 bits per heavy atom. The van der Waals surface area contributed by atoms with Crippen LogP contribution in [0.2, 0.25) is 0 Å². The Morgan fingerprint density at radius 3 is 2.00 bits per heavy atom. The van der Waals surface area contributed by atoms with Crippen LogP contribution in [-0.2, 0) is 32.7 Å². The molecule has 0 atom stereocenters. The van der Waals surface area contributed by atoms with Crippen molar-refractivity contribution in [3.63, 3.8) is 0 Å². The van der Waals surface area contributed by atoms with Gasteiger partial charge < -0.3 is 11.8 Å². The molecule has 0 bridgehead atoms. The third-order valence-electron chi connectivity index (χ3n) is 0.763. The van der Waals surface area contributed by atoms with E-state index in [1.54, 1.807) is 0 Å². The molecule has 7 heavy (non-hydrogen) atoms. The van der Waals surface area contributed by atoms with Crippen molar-refractivity contribution in [3.8, 4) is 0 Å². The monoisotopic (exact) mass is 174 g/mol. The predicted octanol–water partition coefficient (Wildman–Crippen LogP) is 0.931. The first kappa shape index (κ1) is 10.9. The molecule has 0 aromatic carbocycles. The number of rotatable bonds is 2. The molecule has 0 spiro atoms. The standard InChI is InChI=1S/C5H11N.Y/c1-4-6(3)5-2;/h1,3-5H2,2H3;/q-2;. The van der Waals surface area contributed by atoms with Crippen molar-refractivity contribution in [2.45, 2.75) is 6.92 Å². The minimum Gasteiger partial charge on any atom is -0.485 e. The molecule has 0 saturated heterocycles. The summed E-state index contributed by atoms with van der Waals surface area (Å²) in [5.41, 5.74) is 0. The molecule has 0 aromatic rings. The van der Waals surface area contributed by atoms with Gasteiger partial charge in [0.15, 0.2) is 0 Å². The van der Waals surface area contributed by atoms with Gasteiger partial charge in [-0.2, -0.15) is 6.54 Å². The first-order valence-electron chi connectivity index (χ1n) is 2.16. The van der Waals surface area contributed by atoms with Gasteiger partial charge in [0, 0.05) is 32.7 Å². The van der Waals surface area contributed by atoms with Gasteiger partial charge >= 0.3 is 0 Å². The van der Waals surface area contributed by atoms with Gasteiger partial charge in [0.25, 0.3) is 0 Å². The maximum absolute atomic E-state index is 3.65. The second-order valence-electron chi connectivity index (χ2n) is 1.21. The van der Waals surface area contributed by atoms with E-state index in [0.29, 0.717) is 0 Å². The predicted molar refractivity (Wildman–Crippen MR) is 28.0 cm³/mol. The molecule has 0 heterocycles. The van der Waals surface area contributed by atoms with Crippen LogP contribution in [0.15, 0.2) is 0 Å². The summed E-state index contributed by atoms with van der Waals surface area (Å²) in [6.45, 7) is 7.47. The van der Waals surface area contributed by atoms with Gasteiger partial charge in [0.1, 0.15) is 0 Å². The van der Waals surface area contributed by atoms with E-state index >= 15 is 0 Å². The van der Waals surface area contributed by atoms with Crippen LogP contribution in [0, 0.1) is 14.0 Å². The van der Waals surface area contributed by atoms with Crippen LogP contribution in [0.3, 0.4) is 0 Å². The van der Waals surface area contributed by atoms with Crippen LogP contribution in [0.1, 0.15) is 6.92 Å². The van der Waals surface area contributed by atoms with Gasteiger partial charge in [-0.25, -0.2) is 0 Å². The van der Waals surface area contributed by atoms with Crippen LogP contribution in [0.5, 0.6) is 0 Å². The topological polar surface area (TPSA) is 3.24 Å². The molecule has 0 aliphatic carbocycles. The summed E-state index contributed by atoms with van der Waals surface area (Å²) in [6, 6.07) is 0. The Morgan fingerprint density at radius 1 is 1.57 bits per heavy atom. The summed E-state index contributed by atoms with van der Waals surface area (Å²) in [4.78, 5) is 1.89. The average Bonchev–Trinajstić information content (AvgIpc) is 1.65. The summed E-state index contributed by atoms with van der Waals surface area (Å²) in [5, 5.41) is 0. The molecule has 1 radical (unpaired) electrons. The van der Waals surface area contributed by atoms with Crippen molar-refractivity contribution in [3.05, 3.63) is 14.0 Å². The smallest absolute Gasteiger partial charge is 0 e. The van der Waals surface area contributed by atoms with E-state index in [1.165, 1.54) is 0 Å². The van der Waals surface area contributed by atoms with Gasteiger partial charge in [0.05, 0.1) is 0 Å². The zero-order chi connectivity index (χ0) is 4.99. The second kappa shape index (κ2) is 7.06. The molecular formula is C5H11NY-2. The molecule has 0 N–H and O–H groups in total. The fourth-order valence-corrected chi connectivity index (χ4v) is 0.158. The molecule has 0 rings (SSSR count). The third-order valence-corrected chi connectivity index (χ3v) is 0.763. The summed E-state index contributed by atoms with van der Waals surface area (Å²) >= 11 is 0. The van der Waals surface area contributed by atoms with E-state index in [-0.39, 0.29) is 32.7 Å².